The lowest BCUT2D eigenvalue weighted by molar-refractivity contribution is -0.152. The van der Waals surface area contributed by atoms with Crippen LogP contribution in [0.2, 0.25) is 0 Å². The van der Waals surface area contributed by atoms with Crippen LogP contribution in [0, 0.1) is 0 Å². The summed E-state index contributed by atoms with van der Waals surface area (Å²) in [6.07, 6.45) is 3.66. The maximum atomic E-state index is 13.0. The van der Waals surface area contributed by atoms with Gasteiger partial charge in [-0.1, -0.05) is 24.3 Å². The van der Waals surface area contributed by atoms with Crippen LogP contribution in [0.25, 0.3) is 6.08 Å². The summed E-state index contributed by atoms with van der Waals surface area (Å²) < 4.78 is 48.9. The standard InChI is InChI=1S/C26H29F3N2O3S/c1-4-6-20(26(27,28)29)7-5-8-21-16-23(35-30-21)17-31-13-11-18-9-10-22(15-19(18)12-14-31)34-25(2,3)24(32)33/h4-10,15-16H,11-14,17H2,1-3H3,(H,32,33)/b6-4-,8-5+,20-7+. The van der Waals surface area contributed by atoms with E-state index in [4.69, 9.17) is 4.74 Å². The third kappa shape index (κ3) is 7.53. The van der Waals surface area contributed by atoms with Gasteiger partial charge >= 0.3 is 12.1 Å². The molecular formula is C26H29F3N2O3S. The minimum absolute atomic E-state index is 0.542. The van der Waals surface area contributed by atoms with Crippen LogP contribution in [0.5, 0.6) is 5.75 Å². The van der Waals surface area contributed by atoms with E-state index in [1.165, 1.54) is 43.1 Å². The first-order chi connectivity index (χ1) is 16.5. The van der Waals surface area contributed by atoms with Gasteiger partial charge in [-0.15, -0.1) is 0 Å². The lowest BCUT2D eigenvalue weighted by Gasteiger charge is -2.22. The van der Waals surface area contributed by atoms with E-state index in [0.29, 0.717) is 18.0 Å². The minimum Gasteiger partial charge on any atom is -0.478 e. The van der Waals surface area contributed by atoms with Crippen molar-refractivity contribution < 1.29 is 27.8 Å². The molecule has 0 spiro atoms. The van der Waals surface area contributed by atoms with E-state index >= 15 is 0 Å². The number of carboxylic acid groups (broad SMARTS) is 1. The molecule has 9 heteroatoms. The summed E-state index contributed by atoms with van der Waals surface area (Å²) in [7, 11) is 0. The summed E-state index contributed by atoms with van der Waals surface area (Å²) in [6, 6.07) is 7.64. The molecular weight excluding hydrogens is 477 g/mol. The van der Waals surface area contributed by atoms with E-state index in [1.807, 2.05) is 24.3 Å². The number of allylic oxidation sites excluding steroid dienone is 5. The van der Waals surface area contributed by atoms with Gasteiger partial charge in [-0.25, -0.2) is 4.79 Å². The number of ether oxygens (including phenoxy) is 1. The summed E-state index contributed by atoms with van der Waals surface area (Å²) in [6.45, 7) is 6.98. The molecule has 0 saturated heterocycles. The highest BCUT2D eigenvalue weighted by molar-refractivity contribution is 7.05. The molecule has 188 valence electrons. The average Bonchev–Trinajstić information content (AvgIpc) is 3.12. The Balaban J connectivity index is 1.61. The maximum Gasteiger partial charge on any atom is 0.416 e. The normalized spacial score (nSPS) is 16.0. The highest BCUT2D eigenvalue weighted by Crippen LogP contribution is 2.28. The van der Waals surface area contributed by atoms with Crippen LogP contribution in [0.3, 0.4) is 0 Å². The Morgan fingerprint density at radius 2 is 1.91 bits per heavy atom. The molecule has 1 aliphatic heterocycles. The van der Waals surface area contributed by atoms with Crippen LogP contribution in [0.4, 0.5) is 13.2 Å². The summed E-state index contributed by atoms with van der Waals surface area (Å²) in [5.74, 6) is -0.479. The Morgan fingerprint density at radius 3 is 2.57 bits per heavy atom. The second kappa shape index (κ2) is 11.2. The van der Waals surface area contributed by atoms with Gasteiger partial charge in [-0.05, 0) is 86.6 Å². The lowest BCUT2D eigenvalue weighted by atomic mass is 10.0. The zero-order valence-corrected chi connectivity index (χ0v) is 20.7. The number of aromatic nitrogens is 1. The third-order valence-electron chi connectivity index (χ3n) is 5.63. The monoisotopic (exact) mass is 506 g/mol. The third-order valence-corrected chi connectivity index (χ3v) is 6.42. The van der Waals surface area contributed by atoms with Crippen LogP contribution in [0.15, 0.2) is 54.1 Å². The molecule has 2 heterocycles. The first-order valence-corrected chi connectivity index (χ1v) is 12.1. The average molecular weight is 507 g/mol. The van der Waals surface area contributed by atoms with Gasteiger partial charge in [0, 0.05) is 24.5 Å². The first kappa shape index (κ1) is 26.7. The smallest absolute Gasteiger partial charge is 0.416 e. The zero-order chi connectivity index (χ0) is 25.6. The van der Waals surface area contributed by atoms with Crippen molar-refractivity contribution in [1.82, 2.24) is 9.27 Å². The number of carboxylic acids is 1. The number of rotatable bonds is 8. The van der Waals surface area contributed by atoms with Crippen LogP contribution < -0.4 is 4.74 Å². The molecule has 0 aliphatic carbocycles. The van der Waals surface area contributed by atoms with E-state index in [0.717, 1.165) is 48.5 Å². The van der Waals surface area contributed by atoms with Gasteiger partial charge in [0.05, 0.1) is 11.3 Å². The number of carbonyl (C=O) groups is 1. The van der Waals surface area contributed by atoms with Crippen LogP contribution in [-0.2, 0) is 24.2 Å². The molecule has 2 aromatic rings. The maximum absolute atomic E-state index is 13.0. The number of aliphatic carboxylic acids is 1. The van der Waals surface area contributed by atoms with Gasteiger partial charge in [0.25, 0.3) is 0 Å². The highest BCUT2D eigenvalue weighted by Gasteiger charge is 2.31. The molecule has 1 N–H and O–H groups in total. The lowest BCUT2D eigenvalue weighted by Crippen LogP contribution is -2.37. The Bertz CT molecular complexity index is 1130. The second-order valence-corrected chi connectivity index (χ2v) is 9.71. The molecule has 35 heavy (non-hydrogen) atoms. The van der Waals surface area contributed by atoms with Crippen molar-refractivity contribution in [2.24, 2.45) is 0 Å². The van der Waals surface area contributed by atoms with E-state index in [1.54, 1.807) is 13.0 Å². The molecule has 0 saturated carbocycles. The SMILES string of the molecule is C\C=C/C(=C\C=C\c1cc(CN2CCc3ccc(OC(C)(C)C(=O)O)cc3CC2)sn1)C(F)(F)F. The molecule has 0 radical (unpaired) electrons. The Labute approximate surface area is 207 Å². The first-order valence-electron chi connectivity index (χ1n) is 11.3. The topological polar surface area (TPSA) is 62.7 Å². The van der Waals surface area contributed by atoms with Crippen molar-refractivity contribution in [2.75, 3.05) is 13.1 Å². The Hall–Kier alpha value is -2.91. The van der Waals surface area contributed by atoms with Gasteiger partial charge < -0.3 is 9.84 Å². The summed E-state index contributed by atoms with van der Waals surface area (Å²) in [4.78, 5) is 14.7. The van der Waals surface area contributed by atoms with E-state index in [2.05, 4.69) is 9.27 Å². The Morgan fingerprint density at radius 1 is 1.20 bits per heavy atom. The van der Waals surface area contributed by atoms with Crippen molar-refractivity contribution in [3.8, 4) is 5.75 Å². The number of halogens is 3. The van der Waals surface area contributed by atoms with Crippen molar-refractivity contribution >= 4 is 23.6 Å². The van der Waals surface area contributed by atoms with Crippen molar-refractivity contribution in [3.05, 3.63) is 75.8 Å². The van der Waals surface area contributed by atoms with Crippen LogP contribution in [0.1, 0.15) is 42.5 Å². The van der Waals surface area contributed by atoms with Gasteiger partial charge in [0.15, 0.2) is 5.60 Å². The fraction of sp³-hybridized carbons (Fsp3) is 0.385. The number of fused-ring (bicyclic) bond motifs is 1. The second-order valence-electron chi connectivity index (χ2n) is 8.82. The number of benzene rings is 1. The van der Waals surface area contributed by atoms with E-state index in [-0.39, 0.29) is 0 Å². The molecule has 1 aromatic carbocycles. The number of alkyl halides is 3. The number of nitrogens with zero attached hydrogens (tertiary/aromatic N) is 2. The Kier molecular flexibility index (Phi) is 8.56. The molecule has 0 atom stereocenters. The van der Waals surface area contributed by atoms with Crippen molar-refractivity contribution in [2.45, 2.75) is 51.9 Å². The summed E-state index contributed by atoms with van der Waals surface area (Å²) >= 11 is 1.34. The predicted octanol–water partition coefficient (Wildman–Crippen LogP) is 6.06. The molecule has 1 aliphatic rings. The van der Waals surface area contributed by atoms with Crippen molar-refractivity contribution in [3.63, 3.8) is 0 Å². The van der Waals surface area contributed by atoms with Crippen molar-refractivity contribution in [1.29, 1.82) is 0 Å². The molecule has 3 rings (SSSR count). The predicted molar refractivity (Wildman–Crippen MR) is 132 cm³/mol. The molecule has 5 nitrogen and oxygen atoms in total. The molecule has 0 amide bonds. The molecule has 0 bridgehead atoms. The van der Waals surface area contributed by atoms with Gasteiger partial charge in [-0.2, -0.15) is 17.5 Å². The number of hydrogen-bond acceptors (Lipinski definition) is 5. The van der Waals surface area contributed by atoms with Gasteiger partial charge in [0.1, 0.15) is 5.75 Å². The quantitative estimate of drug-likeness (QED) is 0.441. The van der Waals surface area contributed by atoms with Crippen LogP contribution in [-0.4, -0.2) is 45.2 Å². The molecule has 0 unspecified atom stereocenters. The largest absolute Gasteiger partial charge is 0.478 e. The number of hydrogen-bond donors (Lipinski definition) is 1. The molecule has 0 fully saturated rings. The fourth-order valence-electron chi connectivity index (χ4n) is 3.68. The fourth-order valence-corrected chi connectivity index (χ4v) is 4.43. The summed E-state index contributed by atoms with van der Waals surface area (Å²) in [5.41, 5.74) is 0.974. The minimum atomic E-state index is -4.40. The highest BCUT2D eigenvalue weighted by atomic mass is 32.1. The molecule has 1 aromatic heterocycles. The van der Waals surface area contributed by atoms with Crippen LogP contribution >= 0.6 is 11.5 Å². The zero-order valence-electron chi connectivity index (χ0n) is 19.9. The summed E-state index contributed by atoms with van der Waals surface area (Å²) in [5, 5.41) is 9.30. The van der Waals surface area contributed by atoms with Gasteiger partial charge in [-0.3, -0.25) is 4.90 Å². The van der Waals surface area contributed by atoms with E-state index < -0.39 is 23.3 Å². The van der Waals surface area contributed by atoms with E-state index in [9.17, 15) is 23.1 Å². The van der Waals surface area contributed by atoms with Gasteiger partial charge in [0.2, 0.25) is 0 Å².